The molecule has 0 saturated carbocycles. The van der Waals surface area contributed by atoms with Gasteiger partial charge in [-0.1, -0.05) is 87.3 Å². The number of hydrogen-bond donors (Lipinski definition) is 2. The maximum atomic E-state index is 11.5. The minimum atomic E-state index is -0.816. The van der Waals surface area contributed by atoms with Crippen LogP contribution in [0.2, 0.25) is 0 Å². The van der Waals surface area contributed by atoms with E-state index in [0.29, 0.717) is 19.0 Å². The van der Waals surface area contributed by atoms with E-state index in [-0.39, 0.29) is 23.7 Å². The summed E-state index contributed by atoms with van der Waals surface area (Å²) in [6.45, 7) is 11.8. The SMILES string of the molecule is CCC1CC(=CC=C2N(CCC(=O)O)c3ccccc3C2(C)C)C(Cl)=C(C=CC2=[N+](CCC(=O)O)c3ccccc3C2(C)C)C1. The maximum Gasteiger partial charge on any atom is 0.309 e. The molecule has 7 heteroatoms. The van der Waals surface area contributed by atoms with Gasteiger partial charge < -0.3 is 15.1 Å². The molecule has 0 radical (unpaired) electrons. The number of carboxylic acid groups (broad SMARTS) is 2. The van der Waals surface area contributed by atoms with E-state index in [0.717, 1.165) is 58.2 Å². The van der Waals surface area contributed by atoms with E-state index in [2.05, 4.69) is 92.7 Å². The summed E-state index contributed by atoms with van der Waals surface area (Å²) in [5.41, 5.74) is 8.18. The smallest absolute Gasteiger partial charge is 0.309 e. The molecule has 1 unspecified atom stereocenters. The van der Waals surface area contributed by atoms with Crippen molar-refractivity contribution in [2.24, 2.45) is 5.92 Å². The highest BCUT2D eigenvalue weighted by molar-refractivity contribution is 6.32. The zero-order valence-electron chi connectivity index (χ0n) is 26.9. The molecular weight excluding hydrogens is 584 g/mol. The van der Waals surface area contributed by atoms with Gasteiger partial charge in [0.2, 0.25) is 5.69 Å². The molecular formula is C38H44ClN2O4+. The molecule has 0 aromatic heterocycles. The molecule has 0 saturated heterocycles. The summed E-state index contributed by atoms with van der Waals surface area (Å²) in [5, 5.41) is 19.7. The van der Waals surface area contributed by atoms with Crippen LogP contribution in [0.5, 0.6) is 0 Å². The van der Waals surface area contributed by atoms with E-state index >= 15 is 0 Å². The average Bonchev–Trinajstić information content (AvgIpc) is 3.36. The third kappa shape index (κ3) is 6.30. The van der Waals surface area contributed by atoms with E-state index in [1.807, 2.05) is 24.3 Å². The molecule has 0 fully saturated rings. The van der Waals surface area contributed by atoms with Gasteiger partial charge in [-0.25, -0.2) is 0 Å². The highest BCUT2D eigenvalue weighted by Crippen LogP contribution is 2.48. The molecule has 2 aliphatic heterocycles. The van der Waals surface area contributed by atoms with Crippen LogP contribution < -0.4 is 4.90 Å². The lowest BCUT2D eigenvalue weighted by Gasteiger charge is -2.28. The average molecular weight is 628 g/mol. The van der Waals surface area contributed by atoms with E-state index in [1.165, 1.54) is 11.1 Å². The molecule has 1 aliphatic carbocycles. The Hall–Kier alpha value is -3.90. The molecule has 0 spiro atoms. The fraction of sp³-hybridized carbons (Fsp3) is 0.395. The monoisotopic (exact) mass is 627 g/mol. The van der Waals surface area contributed by atoms with Gasteiger partial charge in [-0.2, -0.15) is 4.58 Å². The molecule has 0 amide bonds. The lowest BCUT2D eigenvalue weighted by molar-refractivity contribution is -0.436. The minimum absolute atomic E-state index is 0.0500. The Morgan fingerprint density at radius 1 is 0.911 bits per heavy atom. The Labute approximate surface area is 271 Å². The van der Waals surface area contributed by atoms with Gasteiger partial charge >= 0.3 is 11.9 Å². The second-order valence-electron chi connectivity index (χ2n) is 13.4. The first-order valence-electron chi connectivity index (χ1n) is 15.9. The predicted molar refractivity (Wildman–Crippen MR) is 182 cm³/mol. The van der Waals surface area contributed by atoms with Gasteiger partial charge in [0.25, 0.3) is 0 Å². The van der Waals surface area contributed by atoms with Crippen LogP contribution >= 0.6 is 11.6 Å². The zero-order valence-corrected chi connectivity index (χ0v) is 27.7. The molecule has 2 heterocycles. The molecule has 3 aliphatic rings. The second kappa shape index (κ2) is 12.8. The summed E-state index contributed by atoms with van der Waals surface area (Å²) in [6.07, 6.45) is 11.4. The van der Waals surface area contributed by atoms with Crippen LogP contribution in [0.1, 0.15) is 77.8 Å². The maximum absolute atomic E-state index is 11.5. The van der Waals surface area contributed by atoms with Crippen LogP contribution in [-0.2, 0) is 20.4 Å². The number of carboxylic acids is 2. The van der Waals surface area contributed by atoms with Gasteiger partial charge in [0, 0.05) is 46.1 Å². The summed E-state index contributed by atoms with van der Waals surface area (Å²) < 4.78 is 2.14. The Kier molecular flexibility index (Phi) is 9.27. The summed E-state index contributed by atoms with van der Waals surface area (Å²) in [4.78, 5) is 25.2. The number of rotatable bonds is 10. The first kappa shape index (κ1) is 32.5. The van der Waals surface area contributed by atoms with Crippen molar-refractivity contribution in [2.45, 2.75) is 77.6 Å². The zero-order chi connectivity index (χ0) is 32.5. The van der Waals surface area contributed by atoms with Crippen molar-refractivity contribution in [3.8, 4) is 0 Å². The molecule has 2 aromatic rings. The molecule has 5 rings (SSSR count). The highest BCUT2D eigenvalue weighted by Gasteiger charge is 2.44. The van der Waals surface area contributed by atoms with Crippen LogP contribution in [0.4, 0.5) is 11.4 Å². The quantitative estimate of drug-likeness (QED) is 0.258. The first-order chi connectivity index (χ1) is 21.4. The Morgan fingerprint density at radius 2 is 1.58 bits per heavy atom. The lowest BCUT2D eigenvalue weighted by Crippen LogP contribution is -2.28. The summed E-state index contributed by atoms with van der Waals surface area (Å²) in [6, 6.07) is 16.5. The van der Waals surface area contributed by atoms with Crippen molar-refractivity contribution in [1.29, 1.82) is 0 Å². The fourth-order valence-corrected chi connectivity index (χ4v) is 7.47. The number of fused-ring (bicyclic) bond motifs is 2. The molecule has 1 atom stereocenters. The molecule has 2 N–H and O–H groups in total. The van der Waals surface area contributed by atoms with Gasteiger partial charge in [-0.3, -0.25) is 9.59 Å². The molecule has 6 nitrogen and oxygen atoms in total. The van der Waals surface area contributed by atoms with Crippen molar-refractivity contribution in [3.05, 3.63) is 106 Å². The third-order valence-electron chi connectivity index (χ3n) is 9.74. The summed E-state index contributed by atoms with van der Waals surface area (Å²) >= 11 is 7.18. The van der Waals surface area contributed by atoms with E-state index < -0.39 is 11.9 Å². The number of allylic oxidation sites excluding steroid dienone is 8. The van der Waals surface area contributed by atoms with Crippen molar-refractivity contribution in [3.63, 3.8) is 0 Å². The van der Waals surface area contributed by atoms with Gasteiger partial charge in [0.1, 0.15) is 6.42 Å². The van der Waals surface area contributed by atoms with E-state index in [1.54, 1.807) is 0 Å². The molecule has 0 bridgehead atoms. The van der Waals surface area contributed by atoms with Gasteiger partial charge in [0.15, 0.2) is 12.3 Å². The largest absolute Gasteiger partial charge is 0.481 e. The van der Waals surface area contributed by atoms with Crippen molar-refractivity contribution < 1.29 is 24.4 Å². The Morgan fingerprint density at radius 3 is 2.27 bits per heavy atom. The van der Waals surface area contributed by atoms with E-state index in [9.17, 15) is 19.8 Å². The lowest BCUT2D eigenvalue weighted by atomic mass is 9.80. The number of halogens is 1. The minimum Gasteiger partial charge on any atom is -0.481 e. The standard InChI is InChI=1S/C38H43ClN2O4/c1-6-25-23-26(15-17-32-37(2,3)28-11-7-9-13-30(28)40(32)21-19-34(42)43)36(39)27(24-25)16-18-33-38(4,5)29-12-8-10-14-31(29)41(33)22-20-35(44)45/h7-18,25H,6,19-24H2,1-5H3,(H-,42,43,44,45)/p+1. The Balaban J connectivity index is 1.54. The number of benzene rings is 2. The first-order valence-corrected chi connectivity index (χ1v) is 16.3. The highest BCUT2D eigenvalue weighted by atomic mass is 35.5. The third-order valence-corrected chi connectivity index (χ3v) is 10.2. The predicted octanol–water partition coefficient (Wildman–Crippen LogP) is 8.49. The van der Waals surface area contributed by atoms with Crippen LogP contribution in [0.25, 0.3) is 0 Å². The summed E-state index contributed by atoms with van der Waals surface area (Å²) in [5.74, 6) is -1.19. The van der Waals surface area contributed by atoms with Crippen molar-refractivity contribution in [1.82, 2.24) is 0 Å². The van der Waals surface area contributed by atoms with Gasteiger partial charge in [-0.05, 0) is 61.5 Å². The van der Waals surface area contributed by atoms with E-state index in [4.69, 9.17) is 11.6 Å². The molecule has 2 aromatic carbocycles. The molecule has 236 valence electrons. The second-order valence-corrected chi connectivity index (χ2v) is 13.7. The topological polar surface area (TPSA) is 80.9 Å². The van der Waals surface area contributed by atoms with Crippen LogP contribution in [0, 0.1) is 5.92 Å². The van der Waals surface area contributed by atoms with Crippen molar-refractivity contribution in [2.75, 3.05) is 18.0 Å². The number of hydrogen-bond acceptors (Lipinski definition) is 3. The van der Waals surface area contributed by atoms with Gasteiger partial charge in [-0.15, -0.1) is 0 Å². The van der Waals surface area contributed by atoms with Gasteiger partial charge in [0.05, 0.1) is 11.8 Å². The molecule has 45 heavy (non-hydrogen) atoms. The number of anilines is 1. The van der Waals surface area contributed by atoms with Crippen molar-refractivity contribution >= 4 is 40.6 Å². The number of nitrogens with zero attached hydrogens (tertiary/aromatic N) is 2. The van der Waals surface area contributed by atoms with Crippen LogP contribution in [0.3, 0.4) is 0 Å². The van der Waals surface area contributed by atoms with Crippen LogP contribution in [0.15, 0.2) is 94.7 Å². The Bertz CT molecular complexity index is 1670. The number of aliphatic carboxylic acids is 2. The van der Waals surface area contributed by atoms with Crippen LogP contribution in [-0.4, -0.2) is 45.5 Å². The fourth-order valence-electron chi connectivity index (χ4n) is 7.19. The summed E-state index contributed by atoms with van der Waals surface area (Å²) in [7, 11) is 0. The normalized spacial score (nSPS) is 22.1. The number of carbonyl (C=O) groups is 2. The number of para-hydroxylation sites is 2.